The zero-order valence-electron chi connectivity index (χ0n) is 13.5. The Balaban J connectivity index is 1.44. The molecule has 3 heterocycles. The van der Waals surface area contributed by atoms with Gasteiger partial charge in [-0.1, -0.05) is 28.4 Å². The predicted octanol–water partition coefficient (Wildman–Crippen LogP) is 3.65. The number of hydrogen-bond donors (Lipinski definition) is 0. The topological polar surface area (TPSA) is 59.2 Å². The summed E-state index contributed by atoms with van der Waals surface area (Å²) in [7, 11) is 0. The quantitative estimate of drug-likeness (QED) is 0.731. The summed E-state index contributed by atoms with van der Waals surface area (Å²) in [6.45, 7) is 5.26. The van der Waals surface area contributed by atoms with E-state index in [0.29, 0.717) is 24.8 Å². The number of nitrogens with zero attached hydrogens (tertiary/aromatic N) is 3. The number of likely N-dealkylation sites (tertiary alicyclic amines) is 1. The van der Waals surface area contributed by atoms with Gasteiger partial charge in [0.15, 0.2) is 0 Å². The van der Waals surface area contributed by atoms with Crippen molar-refractivity contribution in [1.29, 1.82) is 0 Å². The summed E-state index contributed by atoms with van der Waals surface area (Å²) in [5.41, 5.74) is 2.96. The molecule has 0 spiro atoms. The highest BCUT2D eigenvalue weighted by Gasteiger charge is 2.36. The Morgan fingerprint density at radius 2 is 2.00 bits per heavy atom. The number of thiophene rings is 1. The summed E-state index contributed by atoms with van der Waals surface area (Å²) in [6, 6.07) is 9.87. The molecule has 1 saturated heterocycles. The third-order valence-corrected chi connectivity index (χ3v) is 5.04. The predicted molar refractivity (Wildman–Crippen MR) is 92.2 cm³/mol. The number of amides is 1. The molecule has 1 aromatic carbocycles. The maximum atomic E-state index is 12.6. The summed E-state index contributed by atoms with van der Waals surface area (Å²) in [5, 5.41) is 6.02. The molecule has 1 aliphatic heterocycles. The molecule has 1 amide bonds. The number of hydrogen-bond acceptors (Lipinski definition) is 5. The summed E-state index contributed by atoms with van der Waals surface area (Å²) in [4.78, 5) is 19.8. The van der Waals surface area contributed by atoms with Crippen LogP contribution in [-0.4, -0.2) is 34.0 Å². The van der Waals surface area contributed by atoms with Crippen molar-refractivity contribution in [3.63, 3.8) is 0 Å². The lowest BCUT2D eigenvalue weighted by molar-refractivity contribution is 0.0569. The van der Waals surface area contributed by atoms with Crippen LogP contribution in [0.15, 0.2) is 40.2 Å². The van der Waals surface area contributed by atoms with Gasteiger partial charge in [0.2, 0.25) is 11.7 Å². The van der Waals surface area contributed by atoms with Crippen molar-refractivity contribution in [3.8, 4) is 10.7 Å². The Hall–Kier alpha value is -2.47. The van der Waals surface area contributed by atoms with E-state index in [0.717, 1.165) is 21.6 Å². The third kappa shape index (κ3) is 2.73. The van der Waals surface area contributed by atoms with Crippen molar-refractivity contribution in [1.82, 2.24) is 15.0 Å². The average Bonchev–Trinajstić information content (AvgIpc) is 3.15. The van der Waals surface area contributed by atoms with Crippen LogP contribution in [0.3, 0.4) is 0 Å². The molecule has 0 aliphatic carbocycles. The molecule has 0 unspecified atom stereocenters. The molecule has 24 heavy (non-hydrogen) atoms. The van der Waals surface area contributed by atoms with Crippen LogP contribution in [0, 0.1) is 13.8 Å². The molecule has 0 atom stereocenters. The monoisotopic (exact) mass is 339 g/mol. The first-order chi connectivity index (χ1) is 11.6. The van der Waals surface area contributed by atoms with Crippen molar-refractivity contribution >= 4 is 17.2 Å². The van der Waals surface area contributed by atoms with Crippen molar-refractivity contribution in [2.45, 2.75) is 19.8 Å². The Morgan fingerprint density at radius 3 is 2.67 bits per heavy atom. The molecule has 0 radical (unpaired) electrons. The molecule has 0 N–H and O–H groups in total. The third-order valence-electron chi connectivity index (χ3n) is 4.17. The fraction of sp³-hybridized carbons (Fsp3) is 0.278. The van der Waals surface area contributed by atoms with E-state index in [2.05, 4.69) is 16.2 Å². The van der Waals surface area contributed by atoms with E-state index in [9.17, 15) is 4.79 Å². The number of aryl methyl sites for hydroxylation is 2. The molecule has 0 saturated carbocycles. The number of rotatable bonds is 3. The van der Waals surface area contributed by atoms with Gasteiger partial charge in [-0.05, 0) is 37.4 Å². The standard InChI is InChI=1S/C18H17N3O2S/c1-11-6-12(2)8-13(7-11)18(22)21-9-14(10-21)17-19-16(20-23-17)15-4-3-5-24-15/h3-8,14H,9-10H2,1-2H3. The zero-order valence-corrected chi connectivity index (χ0v) is 14.3. The average molecular weight is 339 g/mol. The fourth-order valence-electron chi connectivity index (χ4n) is 2.99. The van der Waals surface area contributed by atoms with Crippen molar-refractivity contribution in [2.75, 3.05) is 13.1 Å². The van der Waals surface area contributed by atoms with Gasteiger partial charge in [-0.25, -0.2) is 0 Å². The number of benzene rings is 1. The maximum absolute atomic E-state index is 12.6. The van der Waals surface area contributed by atoms with Crippen LogP contribution in [0.25, 0.3) is 10.7 Å². The van der Waals surface area contributed by atoms with Crippen molar-refractivity contribution < 1.29 is 9.32 Å². The Labute approximate surface area is 143 Å². The van der Waals surface area contributed by atoms with Crippen molar-refractivity contribution in [2.24, 2.45) is 0 Å². The van der Waals surface area contributed by atoms with Gasteiger partial charge in [0.1, 0.15) is 0 Å². The van der Waals surface area contributed by atoms with Crippen LogP contribution in [0.4, 0.5) is 0 Å². The lowest BCUT2D eigenvalue weighted by Crippen LogP contribution is -2.48. The molecule has 6 heteroatoms. The Morgan fingerprint density at radius 1 is 1.25 bits per heavy atom. The smallest absolute Gasteiger partial charge is 0.253 e. The lowest BCUT2D eigenvalue weighted by Gasteiger charge is -2.37. The van der Waals surface area contributed by atoms with E-state index in [1.54, 1.807) is 11.3 Å². The van der Waals surface area contributed by atoms with Crippen LogP contribution in [0.1, 0.15) is 33.3 Å². The molecule has 4 rings (SSSR count). The van der Waals surface area contributed by atoms with Crippen molar-refractivity contribution in [3.05, 3.63) is 58.3 Å². The molecule has 3 aromatic rings. The lowest BCUT2D eigenvalue weighted by atomic mass is 9.98. The largest absolute Gasteiger partial charge is 0.339 e. The first-order valence-electron chi connectivity index (χ1n) is 7.85. The zero-order chi connectivity index (χ0) is 16.7. The molecule has 1 fully saturated rings. The van der Waals surface area contributed by atoms with Crippen LogP contribution >= 0.6 is 11.3 Å². The molecule has 0 bridgehead atoms. The van der Waals surface area contributed by atoms with Gasteiger partial charge < -0.3 is 9.42 Å². The van der Waals surface area contributed by atoms with E-state index in [4.69, 9.17) is 4.52 Å². The highest BCUT2D eigenvalue weighted by molar-refractivity contribution is 7.13. The van der Waals surface area contributed by atoms with E-state index >= 15 is 0 Å². The summed E-state index contributed by atoms with van der Waals surface area (Å²) < 4.78 is 5.37. The minimum atomic E-state index is 0.0658. The molecule has 2 aromatic heterocycles. The fourth-order valence-corrected chi connectivity index (χ4v) is 3.64. The molecular weight excluding hydrogens is 322 g/mol. The van der Waals surface area contributed by atoms with Gasteiger partial charge in [-0.2, -0.15) is 4.98 Å². The Bertz CT molecular complexity index is 859. The maximum Gasteiger partial charge on any atom is 0.253 e. The SMILES string of the molecule is Cc1cc(C)cc(C(=O)N2CC(c3nc(-c4cccs4)no3)C2)c1. The van der Waals surface area contributed by atoms with E-state index in [1.165, 1.54) is 0 Å². The van der Waals surface area contributed by atoms with Gasteiger partial charge in [0.05, 0.1) is 10.8 Å². The van der Waals surface area contributed by atoms with Crippen LogP contribution in [0.5, 0.6) is 0 Å². The molecule has 1 aliphatic rings. The normalized spacial score (nSPS) is 14.7. The second-order valence-corrected chi connectivity index (χ2v) is 7.16. The second-order valence-electron chi connectivity index (χ2n) is 6.22. The van der Waals surface area contributed by atoms with E-state index in [1.807, 2.05) is 48.4 Å². The highest BCUT2D eigenvalue weighted by atomic mass is 32.1. The second kappa shape index (κ2) is 5.87. The first-order valence-corrected chi connectivity index (χ1v) is 8.73. The van der Waals surface area contributed by atoms with Crippen LogP contribution in [-0.2, 0) is 0 Å². The van der Waals surface area contributed by atoms with E-state index < -0.39 is 0 Å². The molecule has 122 valence electrons. The number of aromatic nitrogens is 2. The summed E-state index contributed by atoms with van der Waals surface area (Å²) >= 11 is 1.58. The first kappa shape index (κ1) is 15.1. The van der Waals surface area contributed by atoms with Crippen LogP contribution < -0.4 is 0 Å². The van der Waals surface area contributed by atoms with Crippen LogP contribution in [0.2, 0.25) is 0 Å². The summed E-state index contributed by atoms with van der Waals surface area (Å²) in [6.07, 6.45) is 0. The van der Waals surface area contributed by atoms with E-state index in [-0.39, 0.29) is 11.8 Å². The number of carbonyl (C=O) groups is 1. The number of carbonyl (C=O) groups excluding carboxylic acids is 1. The van der Waals surface area contributed by atoms with Gasteiger partial charge in [0, 0.05) is 18.7 Å². The minimum Gasteiger partial charge on any atom is -0.339 e. The Kier molecular flexibility index (Phi) is 3.69. The highest BCUT2D eigenvalue weighted by Crippen LogP contribution is 2.30. The van der Waals surface area contributed by atoms with Gasteiger partial charge in [-0.3, -0.25) is 4.79 Å². The molecular formula is C18H17N3O2S. The minimum absolute atomic E-state index is 0.0658. The molecule has 5 nitrogen and oxygen atoms in total. The summed E-state index contributed by atoms with van der Waals surface area (Å²) in [5.74, 6) is 1.43. The van der Waals surface area contributed by atoms with Gasteiger partial charge in [0.25, 0.3) is 5.91 Å². The van der Waals surface area contributed by atoms with Gasteiger partial charge in [-0.15, -0.1) is 11.3 Å². The van der Waals surface area contributed by atoms with Gasteiger partial charge >= 0.3 is 0 Å².